The van der Waals surface area contributed by atoms with Crippen LogP contribution in [0.15, 0.2) is 158 Å². The summed E-state index contributed by atoms with van der Waals surface area (Å²) in [6, 6.07) is 47.2. The van der Waals surface area contributed by atoms with Crippen LogP contribution in [0.1, 0.15) is 41.4 Å². The van der Waals surface area contributed by atoms with E-state index in [1.54, 1.807) is 42.5 Å². The number of rotatable bonds is 8. The third-order valence-electron chi connectivity index (χ3n) is 10.2. The van der Waals surface area contributed by atoms with E-state index in [9.17, 15) is 19.2 Å². The summed E-state index contributed by atoms with van der Waals surface area (Å²) in [5, 5.41) is 3.45. The number of hydrogen-bond acceptors (Lipinski definition) is 8. The van der Waals surface area contributed by atoms with Crippen molar-refractivity contribution >= 4 is 67.5 Å². The number of carbonyl (C=O) groups excluding carboxylic acids is 4. The van der Waals surface area contributed by atoms with Gasteiger partial charge in [0.1, 0.15) is 0 Å². The Labute approximate surface area is 330 Å². The first-order valence-corrected chi connectivity index (χ1v) is 18.3. The van der Waals surface area contributed by atoms with Gasteiger partial charge in [-0.25, -0.2) is 19.2 Å². The van der Waals surface area contributed by atoms with Gasteiger partial charge < -0.3 is 19.1 Å². The fourth-order valence-corrected chi connectivity index (χ4v) is 7.50. The van der Waals surface area contributed by atoms with Gasteiger partial charge in [0.25, 0.3) is 0 Å². The molecular formula is C48H32N2O8. The van der Waals surface area contributed by atoms with E-state index in [4.69, 9.17) is 19.1 Å². The summed E-state index contributed by atoms with van der Waals surface area (Å²) in [4.78, 5) is 64.1. The topological polar surface area (TPSA) is 115 Å². The van der Waals surface area contributed by atoms with Gasteiger partial charge in [-0.05, 0) is 89.0 Å². The number of benzene rings is 7. The molecule has 0 aliphatic rings. The van der Waals surface area contributed by atoms with Crippen LogP contribution < -0.4 is 9.68 Å². The summed E-state index contributed by atoms with van der Waals surface area (Å²) in [6.45, 7) is 0. The number of aromatic nitrogens is 2. The smallest absolute Gasteiger partial charge is 0.363 e. The summed E-state index contributed by atoms with van der Waals surface area (Å²) < 4.78 is 12.7. The number of fused-ring (bicyclic) bond motifs is 6. The quantitative estimate of drug-likeness (QED) is 0.141. The van der Waals surface area contributed by atoms with Crippen LogP contribution in [0.5, 0.6) is 0 Å². The number of methoxy groups -OCH3 is 2. The fraction of sp³-hybridized carbons (Fsp3) is 0.0417. The fourth-order valence-electron chi connectivity index (χ4n) is 7.50. The number of carbonyl (C=O) groups is 4. The Morgan fingerprint density at radius 2 is 0.759 bits per heavy atom. The maximum absolute atomic E-state index is 13.9. The minimum absolute atomic E-state index is 0.148. The van der Waals surface area contributed by atoms with Crippen LogP contribution in [-0.2, 0) is 9.47 Å². The normalized spacial score (nSPS) is 11.2. The van der Waals surface area contributed by atoms with Crippen molar-refractivity contribution < 1.29 is 38.3 Å². The third-order valence-corrected chi connectivity index (χ3v) is 10.2. The number of para-hydroxylation sites is 2. The Morgan fingerprint density at radius 3 is 1.17 bits per heavy atom. The largest absolute Gasteiger partial charge is 0.465 e. The Bertz CT molecular complexity index is 2900. The molecule has 0 unspecified atom stereocenters. The van der Waals surface area contributed by atoms with E-state index in [0.29, 0.717) is 33.2 Å². The Morgan fingerprint density at radius 1 is 0.379 bits per heavy atom. The Kier molecular flexibility index (Phi) is 8.98. The molecule has 0 saturated carbocycles. The number of ether oxygens (including phenoxy) is 2. The second kappa shape index (κ2) is 14.6. The van der Waals surface area contributed by atoms with Gasteiger partial charge in [0, 0.05) is 21.5 Å². The van der Waals surface area contributed by atoms with E-state index in [-0.39, 0.29) is 11.1 Å². The lowest BCUT2D eigenvalue weighted by Crippen LogP contribution is -2.22. The van der Waals surface area contributed by atoms with E-state index in [1.807, 2.05) is 109 Å². The zero-order chi connectivity index (χ0) is 39.9. The molecule has 10 heteroatoms. The summed E-state index contributed by atoms with van der Waals surface area (Å²) in [5.74, 6) is -2.20. The van der Waals surface area contributed by atoms with Crippen LogP contribution >= 0.6 is 0 Å². The lowest BCUT2D eigenvalue weighted by atomic mass is 9.98. The van der Waals surface area contributed by atoms with Crippen LogP contribution in [0.4, 0.5) is 0 Å². The predicted molar refractivity (Wildman–Crippen MR) is 221 cm³/mol. The maximum Gasteiger partial charge on any atom is 0.363 e. The Balaban J connectivity index is 1.03. The Hall–Kier alpha value is -7.98. The minimum Gasteiger partial charge on any atom is -0.465 e. The number of nitrogens with zero attached hydrogens (tertiary/aromatic N) is 2. The molecule has 0 aliphatic heterocycles. The lowest BCUT2D eigenvalue weighted by molar-refractivity contribution is 0.0496. The van der Waals surface area contributed by atoms with Crippen LogP contribution in [0.25, 0.3) is 65.9 Å². The molecule has 9 rings (SSSR count). The van der Waals surface area contributed by atoms with Crippen LogP contribution in [0.3, 0.4) is 0 Å². The molecule has 2 aromatic heterocycles. The van der Waals surface area contributed by atoms with Crippen LogP contribution in [-0.4, -0.2) is 47.6 Å². The molecule has 7 aromatic carbocycles. The average molecular weight is 765 g/mol. The molecule has 0 aliphatic carbocycles. The van der Waals surface area contributed by atoms with Crippen molar-refractivity contribution in [1.82, 2.24) is 9.46 Å². The SMILES string of the molecule is COC(=O)c1ccc(-c2cccc3c2c2ccccc2n3OC(=O)c2cccc(C(=O)On3c4ccccc4c4c(-c5ccc(C(=O)OC)cc5)cccc43)c2)cc1. The van der Waals surface area contributed by atoms with Gasteiger partial charge in [-0.3, -0.25) is 0 Å². The standard InChI is InChI=1S/C48H32N2O8/c1-55-45(51)31-24-20-29(21-25-31)35-14-8-18-41-43(35)37-12-3-5-16-39(37)49(41)57-47(53)33-10-7-11-34(28-33)48(54)58-50-40-17-6-4-13-38(40)44-36(15-9-19-42(44)50)30-22-26-32(27-23-30)46(52)56-2/h3-28H,1-2H3. The molecule has 0 fully saturated rings. The van der Waals surface area contributed by atoms with Gasteiger partial charge in [0.15, 0.2) is 0 Å². The molecule has 2 heterocycles. The molecule has 0 spiro atoms. The molecule has 0 amide bonds. The zero-order valence-electron chi connectivity index (χ0n) is 31.2. The third kappa shape index (κ3) is 6.09. The zero-order valence-corrected chi connectivity index (χ0v) is 31.2. The monoisotopic (exact) mass is 764 g/mol. The van der Waals surface area contributed by atoms with Gasteiger partial charge in [-0.15, -0.1) is 0 Å². The molecular weight excluding hydrogens is 733 g/mol. The molecule has 58 heavy (non-hydrogen) atoms. The summed E-state index contributed by atoms with van der Waals surface area (Å²) in [5.41, 5.74) is 7.34. The van der Waals surface area contributed by atoms with Gasteiger partial charge in [0.05, 0.1) is 58.5 Å². The lowest BCUT2D eigenvalue weighted by Gasteiger charge is -2.11. The average Bonchev–Trinajstić information content (AvgIpc) is 3.78. The molecule has 9 aromatic rings. The van der Waals surface area contributed by atoms with E-state index in [0.717, 1.165) is 43.8 Å². The highest BCUT2D eigenvalue weighted by atomic mass is 16.7. The molecule has 0 atom stereocenters. The predicted octanol–water partition coefficient (Wildman–Crippen LogP) is 9.35. The van der Waals surface area contributed by atoms with Crippen molar-refractivity contribution in [1.29, 1.82) is 0 Å². The molecule has 0 N–H and O–H groups in total. The van der Waals surface area contributed by atoms with E-state index in [1.165, 1.54) is 29.7 Å². The summed E-state index contributed by atoms with van der Waals surface area (Å²) in [7, 11) is 2.69. The van der Waals surface area contributed by atoms with E-state index >= 15 is 0 Å². The van der Waals surface area contributed by atoms with Gasteiger partial charge in [-0.1, -0.05) is 91.0 Å². The molecule has 0 bridgehead atoms. The van der Waals surface area contributed by atoms with E-state index in [2.05, 4.69) is 0 Å². The van der Waals surface area contributed by atoms with Gasteiger partial charge >= 0.3 is 23.9 Å². The number of hydrogen-bond donors (Lipinski definition) is 0. The molecule has 0 radical (unpaired) electrons. The first-order valence-electron chi connectivity index (χ1n) is 18.3. The van der Waals surface area contributed by atoms with Crippen molar-refractivity contribution in [2.75, 3.05) is 14.2 Å². The van der Waals surface area contributed by atoms with Crippen molar-refractivity contribution in [3.63, 3.8) is 0 Å². The summed E-state index contributed by atoms with van der Waals surface area (Å²) in [6.07, 6.45) is 0. The van der Waals surface area contributed by atoms with Crippen molar-refractivity contribution in [3.8, 4) is 22.3 Å². The molecule has 10 nitrogen and oxygen atoms in total. The van der Waals surface area contributed by atoms with E-state index < -0.39 is 23.9 Å². The van der Waals surface area contributed by atoms with Crippen molar-refractivity contribution in [3.05, 3.63) is 180 Å². The van der Waals surface area contributed by atoms with Gasteiger partial charge in [0.2, 0.25) is 0 Å². The van der Waals surface area contributed by atoms with Crippen molar-refractivity contribution in [2.45, 2.75) is 0 Å². The first kappa shape index (κ1) is 35.7. The van der Waals surface area contributed by atoms with Gasteiger partial charge in [-0.2, -0.15) is 9.46 Å². The number of esters is 2. The summed E-state index contributed by atoms with van der Waals surface area (Å²) >= 11 is 0. The first-order chi connectivity index (χ1) is 28.3. The van der Waals surface area contributed by atoms with Crippen molar-refractivity contribution in [2.24, 2.45) is 0 Å². The molecule has 282 valence electrons. The minimum atomic E-state index is -0.676. The second-order valence-corrected chi connectivity index (χ2v) is 13.5. The highest BCUT2D eigenvalue weighted by molar-refractivity contribution is 6.16. The van der Waals surface area contributed by atoms with Crippen LogP contribution in [0.2, 0.25) is 0 Å². The second-order valence-electron chi connectivity index (χ2n) is 13.5. The maximum atomic E-state index is 13.9. The molecule has 0 saturated heterocycles. The van der Waals surface area contributed by atoms with Crippen LogP contribution in [0, 0.1) is 0 Å². The highest BCUT2D eigenvalue weighted by Gasteiger charge is 2.22. The highest BCUT2D eigenvalue weighted by Crippen LogP contribution is 2.38.